The number of aliphatic hydroxyl groups is 2. The molecule has 0 heterocycles. The largest absolute Gasteiger partial charge is 0.388 e. The fourth-order valence-corrected chi connectivity index (χ4v) is 0.895. The van der Waals surface area contributed by atoms with E-state index in [4.69, 9.17) is 14.9 Å². The van der Waals surface area contributed by atoms with Gasteiger partial charge in [0.05, 0.1) is 6.61 Å². The highest BCUT2D eigenvalue weighted by atomic mass is 16.6. The first kappa shape index (κ1) is 10.2. The van der Waals surface area contributed by atoms with Crippen LogP contribution in [-0.4, -0.2) is 22.6 Å². The Hall–Kier alpha value is -0.900. The molecule has 3 nitrogen and oxygen atoms in total. The summed E-state index contributed by atoms with van der Waals surface area (Å²) in [6.07, 6.45) is -1.97. The summed E-state index contributed by atoms with van der Waals surface area (Å²) in [5, 5.41) is 18.0. The standard InChI is InChI=1S/C10H14O3/c1-8(11)10(12)13-7-9-5-3-2-4-6-9/h2-6,8,10-12H,7H2,1H3/t8-,10?/m0/s1. The Labute approximate surface area is 77.6 Å². The maximum absolute atomic E-state index is 9.12. The lowest BCUT2D eigenvalue weighted by Crippen LogP contribution is -2.25. The second-order valence-corrected chi connectivity index (χ2v) is 2.93. The highest BCUT2D eigenvalue weighted by Gasteiger charge is 2.10. The maximum Gasteiger partial charge on any atom is 0.180 e. The smallest absolute Gasteiger partial charge is 0.180 e. The Morgan fingerprint density at radius 3 is 2.38 bits per heavy atom. The predicted octanol–water partition coefficient (Wildman–Crippen LogP) is 0.902. The Kier molecular flexibility index (Phi) is 3.89. The lowest BCUT2D eigenvalue weighted by molar-refractivity contribution is -0.162. The summed E-state index contributed by atoms with van der Waals surface area (Å²) in [4.78, 5) is 0. The molecule has 72 valence electrons. The first-order valence-corrected chi connectivity index (χ1v) is 4.22. The molecule has 13 heavy (non-hydrogen) atoms. The summed E-state index contributed by atoms with van der Waals surface area (Å²) in [6.45, 7) is 1.79. The van der Waals surface area contributed by atoms with Crippen molar-refractivity contribution in [2.45, 2.75) is 25.9 Å². The zero-order valence-electron chi connectivity index (χ0n) is 7.55. The van der Waals surface area contributed by atoms with Gasteiger partial charge in [-0.3, -0.25) is 0 Å². The zero-order valence-corrected chi connectivity index (χ0v) is 7.55. The van der Waals surface area contributed by atoms with Crippen molar-refractivity contribution in [2.75, 3.05) is 0 Å². The SMILES string of the molecule is C[C@H](O)C(O)OCc1ccccc1. The van der Waals surface area contributed by atoms with E-state index < -0.39 is 12.4 Å². The summed E-state index contributed by atoms with van der Waals surface area (Å²) in [5.74, 6) is 0. The molecule has 0 aliphatic carbocycles. The van der Waals surface area contributed by atoms with Crippen molar-refractivity contribution in [2.24, 2.45) is 0 Å². The van der Waals surface area contributed by atoms with Crippen molar-refractivity contribution in [1.82, 2.24) is 0 Å². The number of ether oxygens (including phenoxy) is 1. The minimum absolute atomic E-state index is 0.312. The second-order valence-electron chi connectivity index (χ2n) is 2.93. The lowest BCUT2D eigenvalue weighted by atomic mass is 10.2. The van der Waals surface area contributed by atoms with Gasteiger partial charge in [-0.15, -0.1) is 0 Å². The third kappa shape index (κ3) is 3.55. The summed E-state index contributed by atoms with van der Waals surface area (Å²) < 4.78 is 5.00. The molecule has 0 saturated heterocycles. The van der Waals surface area contributed by atoms with Crippen LogP contribution in [0, 0.1) is 0 Å². The van der Waals surface area contributed by atoms with E-state index in [2.05, 4.69) is 0 Å². The van der Waals surface area contributed by atoms with E-state index in [1.807, 2.05) is 30.3 Å². The molecule has 2 N–H and O–H groups in total. The van der Waals surface area contributed by atoms with E-state index in [1.54, 1.807) is 0 Å². The quantitative estimate of drug-likeness (QED) is 0.680. The lowest BCUT2D eigenvalue weighted by Gasteiger charge is -2.14. The zero-order chi connectivity index (χ0) is 9.68. The van der Waals surface area contributed by atoms with E-state index in [0.29, 0.717) is 6.61 Å². The minimum atomic E-state index is -1.11. The molecule has 0 aliphatic heterocycles. The van der Waals surface area contributed by atoms with E-state index in [-0.39, 0.29) is 0 Å². The normalized spacial score (nSPS) is 15.3. The van der Waals surface area contributed by atoms with Crippen LogP contribution in [0.5, 0.6) is 0 Å². The molecule has 1 rings (SSSR count). The molecule has 0 fully saturated rings. The molecule has 0 saturated carbocycles. The van der Waals surface area contributed by atoms with Gasteiger partial charge >= 0.3 is 0 Å². The molecule has 1 aromatic carbocycles. The van der Waals surface area contributed by atoms with Crippen molar-refractivity contribution in [3.05, 3.63) is 35.9 Å². The highest BCUT2D eigenvalue weighted by molar-refractivity contribution is 5.13. The fraction of sp³-hybridized carbons (Fsp3) is 0.400. The Bertz CT molecular complexity index is 233. The van der Waals surface area contributed by atoms with Crippen molar-refractivity contribution in [3.8, 4) is 0 Å². The number of hydrogen-bond donors (Lipinski definition) is 2. The van der Waals surface area contributed by atoms with E-state index >= 15 is 0 Å². The molecule has 0 bridgehead atoms. The van der Waals surface area contributed by atoms with Crippen molar-refractivity contribution < 1.29 is 14.9 Å². The number of hydrogen-bond acceptors (Lipinski definition) is 3. The molecule has 0 spiro atoms. The van der Waals surface area contributed by atoms with Gasteiger partial charge in [-0.2, -0.15) is 0 Å². The molecular formula is C10H14O3. The molecule has 1 aromatic rings. The van der Waals surface area contributed by atoms with E-state index in [9.17, 15) is 0 Å². The van der Waals surface area contributed by atoms with Gasteiger partial charge in [-0.05, 0) is 12.5 Å². The third-order valence-corrected chi connectivity index (χ3v) is 1.68. The van der Waals surface area contributed by atoms with Crippen LogP contribution < -0.4 is 0 Å². The summed E-state index contributed by atoms with van der Waals surface area (Å²) in [7, 11) is 0. The van der Waals surface area contributed by atoms with Crippen molar-refractivity contribution >= 4 is 0 Å². The van der Waals surface area contributed by atoms with Gasteiger partial charge in [-0.25, -0.2) is 0 Å². The molecular weight excluding hydrogens is 168 g/mol. The maximum atomic E-state index is 9.12. The summed E-state index contributed by atoms with van der Waals surface area (Å²) in [5.41, 5.74) is 0.974. The number of benzene rings is 1. The third-order valence-electron chi connectivity index (χ3n) is 1.68. The molecule has 0 aliphatic rings. The molecule has 0 aromatic heterocycles. The van der Waals surface area contributed by atoms with E-state index in [0.717, 1.165) is 5.56 Å². The van der Waals surface area contributed by atoms with Crippen LogP contribution in [-0.2, 0) is 11.3 Å². The Balaban J connectivity index is 2.35. The molecule has 0 amide bonds. The van der Waals surface area contributed by atoms with Gasteiger partial charge in [0.25, 0.3) is 0 Å². The average Bonchev–Trinajstić information content (AvgIpc) is 2.15. The minimum Gasteiger partial charge on any atom is -0.388 e. The van der Waals surface area contributed by atoms with Gasteiger partial charge in [0, 0.05) is 0 Å². The Morgan fingerprint density at radius 1 is 1.23 bits per heavy atom. The van der Waals surface area contributed by atoms with Crippen molar-refractivity contribution in [3.63, 3.8) is 0 Å². The van der Waals surface area contributed by atoms with Crippen LogP contribution in [0.15, 0.2) is 30.3 Å². The van der Waals surface area contributed by atoms with Gasteiger partial charge in [-0.1, -0.05) is 30.3 Å². The van der Waals surface area contributed by atoms with Gasteiger partial charge < -0.3 is 14.9 Å². The van der Waals surface area contributed by atoms with Crippen molar-refractivity contribution in [1.29, 1.82) is 0 Å². The van der Waals surface area contributed by atoms with Gasteiger partial charge in [0.15, 0.2) is 6.29 Å². The average molecular weight is 182 g/mol. The predicted molar refractivity (Wildman–Crippen MR) is 48.9 cm³/mol. The van der Waals surface area contributed by atoms with Crippen LogP contribution in [0.2, 0.25) is 0 Å². The topological polar surface area (TPSA) is 49.7 Å². The second kappa shape index (κ2) is 4.97. The number of aliphatic hydroxyl groups excluding tert-OH is 2. The van der Waals surface area contributed by atoms with Gasteiger partial charge in [0.2, 0.25) is 0 Å². The highest BCUT2D eigenvalue weighted by Crippen LogP contribution is 2.03. The summed E-state index contributed by atoms with van der Waals surface area (Å²) in [6, 6.07) is 9.50. The molecule has 3 heteroatoms. The summed E-state index contributed by atoms with van der Waals surface area (Å²) >= 11 is 0. The monoisotopic (exact) mass is 182 g/mol. The molecule has 1 unspecified atom stereocenters. The van der Waals surface area contributed by atoms with Crippen LogP contribution >= 0.6 is 0 Å². The Morgan fingerprint density at radius 2 is 1.85 bits per heavy atom. The fourth-order valence-electron chi connectivity index (χ4n) is 0.895. The molecule has 2 atom stereocenters. The first-order chi connectivity index (χ1) is 6.20. The van der Waals surface area contributed by atoms with Gasteiger partial charge in [0.1, 0.15) is 6.10 Å². The molecule has 0 radical (unpaired) electrons. The van der Waals surface area contributed by atoms with Crippen LogP contribution in [0.4, 0.5) is 0 Å². The number of rotatable bonds is 4. The van der Waals surface area contributed by atoms with Crippen LogP contribution in [0.25, 0.3) is 0 Å². The van der Waals surface area contributed by atoms with Crippen LogP contribution in [0.1, 0.15) is 12.5 Å². The van der Waals surface area contributed by atoms with Crippen LogP contribution in [0.3, 0.4) is 0 Å². The first-order valence-electron chi connectivity index (χ1n) is 4.22. The van der Waals surface area contributed by atoms with E-state index in [1.165, 1.54) is 6.92 Å².